The molecule has 2 aromatic rings. The lowest BCUT2D eigenvalue weighted by molar-refractivity contribution is 0.101. The van der Waals surface area contributed by atoms with E-state index in [1.807, 2.05) is 24.3 Å². The highest BCUT2D eigenvalue weighted by Crippen LogP contribution is 2.41. The number of nitrogens with zero attached hydrogens (tertiary/aromatic N) is 1. The summed E-state index contributed by atoms with van der Waals surface area (Å²) in [5, 5.41) is 10.5. The average molecular weight is 379 g/mol. The summed E-state index contributed by atoms with van der Waals surface area (Å²) in [6, 6.07) is 11.2. The molecule has 4 rings (SSSR count). The Bertz CT molecular complexity index is 934. The second kappa shape index (κ2) is 7.68. The Hall–Kier alpha value is -2.79. The van der Waals surface area contributed by atoms with Crippen molar-refractivity contribution in [1.29, 1.82) is 0 Å². The van der Waals surface area contributed by atoms with Gasteiger partial charge in [0.15, 0.2) is 5.76 Å². The van der Waals surface area contributed by atoms with Crippen molar-refractivity contribution in [3.63, 3.8) is 0 Å². The summed E-state index contributed by atoms with van der Waals surface area (Å²) in [4.78, 5) is 15.2. The smallest absolute Gasteiger partial charge is 0.231 e. The van der Waals surface area contributed by atoms with E-state index in [0.29, 0.717) is 35.2 Å². The number of likely N-dealkylation sites (tertiary alicyclic amines) is 1. The van der Waals surface area contributed by atoms with Gasteiger partial charge in [0, 0.05) is 18.2 Å². The molecule has 0 saturated carbocycles. The fourth-order valence-corrected chi connectivity index (χ4v) is 3.97. The van der Waals surface area contributed by atoms with Crippen LogP contribution >= 0.6 is 0 Å². The summed E-state index contributed by atoms with van der Waals surface area (Å²) >= 11 is 0. The highest BCUT2D eigenvalue weighted by atomic mass is 16.5. The van der Waals surface area contributed by atoms with Crippen molar-refractivity contribution in [2.24, 2.45) is 0 Å². The number of hydrogen-bond acceptors (Lipinski definition) is 5. The van der Waals surface area contributed by atoms with E-state index < -0.39 is 0 Å². The summed E-state index contributed by atoms with van der Waals surface area (Å²) in [5.41, 5.74) is 1.96. The first kappa shape index (κ1) is 18.6. The Labute approximate surface area is 165 Å². The quantitative estimate of drug-likeness (QED) is 0.799. The third-order valence-electron chi connectivity index (χ3n) is 5.64. The number of ketones is 1. The van der Waals surface area contributed by atoms with Gasteiger partial charge in [-0.3, -0.25) is 9.69 Å². The lowest BCUT2D eigenvalue weighted by Gasteiger charge is -2.33. The van der Waals surface area contributed by atoms with Gasteiger partial charge in [-0.1, -0.05) is 24.6 Å². The number of hydrogen-bond donors (Lipinski definition) is 1. The maximum Gasteiger partial charge on any atom is 0.231 e. The SMILES string of the molecule is COc1ccccc1C=C1Oc2c(ccc(O)c2CN2CCCC[C@@H]2C)C1=O. The largest absolute Gasteiger partial charge is 0.507 e. The highest BCUT2D eigenvalue weighted by Gasteiger charge is 2.32. The van der Waals surface area contributed by atoms with Crippen molar-refractivity contribution in [2.45, 2.75) is 38.8 Å². The second-order valence-corrected chi connectivity index (χ2v) is 7.44. The van der Waals surface area contributed by atoms with E-state index in [1.54, 1.807) is 25.3 Å². The minimum atomic E-state index is -0.172. The van der Waals surface area contributed by atoms with Crippen LogP contribution in [-0.4, -0.2) is 35.5 Å². The minimum absolute atomic E-state index is 0.169. The van der Waals surface area contributed by atoms with E-state index in [4.69, 9.17) is 9.47 Å². The number of allylic oxidation sites excluding steroid dienone is 1. The van der Waals surface area contributed by atoms with E-state index in [-0.39, 0.29) is 17.3 Å². The molecule has 0 bridgehead atoms. The fourth-order valence-electron chi connectivity index (χ4n) is 3.97. The van der Waals surface area contributed by atoms with Crippen molar-refractivity contribution < 1.29 is 19.4 Å². The van der Waals surface area contributed by atoms with Gasteiger partial charge in [0.25, 0.3) is 0 Å². The number of carbonyl (C=O) groups excluding carboxylic acids is 1. The zero-order valence-electron chi connectivity index (χ0n) is 16.3. The molecule has 0 spiro atoms. The number of piperidine rings is 1. The van der Waals surface area contributed by atoms with Crippen LogP contribution < -0.4 is 9.47 Å². The molecule has 0 aromatic heterocycles. The molecule has 1 saturated heterocycles. The second-order valence-electron chi connectivity index (χ2n) is 7.44. The van der Waals surface area contributed by atoms with Crippen molar-refractivity contribution in [3.05, 3.63) is 58.8 Å². The van der Waals surface area contributed by atoms with E-state index >= 15 is 0 Å². The zero-order valence-corrected chi connectivity index (χ0v) is 16.3. The number of methoxy groups -OCH3 is 1. The molecule has 0 radical (unpaired) electrons. The molecule has 2 aliphatic heterocycles. The maximum absolute atomic E-state index is 12.9. The van der Waals surface area contributed by atoms with Gasteiger partial charge in [-0.2, -0.15) is 0 Å². The number of benzene rings is 2. The number of carbonyl (C=O) groups is 1. The van der Waals surface area contributed by atoms with Crippen LogP contribution in [0.3, 0.4) is 0 Å². The van der Waals surface area contributed by atoms with Crippen LogP contribution in [-0.2, 0) is 6.54 Å². The van der Waals surface area contributed by atoms with Crippen molar-refractivity contribution in [2.75, 3.05) is 13.7 Å². The van der Waals surface area contributed by atoms with Crippen LogP contribution in [0.25, 0.3) is 6.08 Å². The van der Waals surface area contributed by atoms with Crippen LogP contribution in [0.2, 0.25) is 0 Å². The van der Waals surface area contributed by atoms with Gasteiger partial charge in [-0.05, 0) is 50.6 Å². The lowest BCUT2D eigenvalue weighted by atomic mass is 10.0. The number of rotatable bonds is 4. The molecular weight excluding hydrogens is 354 g/mol. The van der Waals surface area contributed by atoms with Crippen LogP contribution in [0.1, 0.15) is 47.7 Å². The van der Waals surface area contributed by atoms with Gasteiger partial charge < -0.3 is 14.6 Å². The Morgan fingerprint density at radius 2 is 2.07 bits per heavy atom. The van der Waals surface area contributed by atoms with Crippen molar-refractivity contribution in [3.8, 4) is 17.2 Å². The Kier molecular flexibility index (Phi) is 5.09. The van der Waals surface area contributed by atoms with Crippen LogP contribution in [0, 0.1) is 0 Å². The highest BCUT2D eigenvalue weighted by molar-refractivity contribution is 6.15. The Balaban J connectivity index is 1.68. The molecule has 28 heavy (non-hydrogen) atoms. The lowest BCUT2D eigenvalue weighted by Crippen LogP contribution is -2.36. The first-order chi connectivity index (χ1) is 13.6. The molecule has 1 N–H and O–H groups in total. The molecular formula is C23H25NO4. The molecule has 0 amide bonds. The average Bonchev–Trinajstić information content (AvgIpc) is 3.02. The van der Waals surface area contributed by atoms with Gasteiger partial charge in [-0.25, -0.2) is 0 Å². The molecule has 5 heteroatoms. The number of phenolic OH excluding ortho intramolecular Hbond substituents is 1. The molecule has 0 unspecified atom stereocenters. The third-order valence-corrected chi connectivity index (χ3v) is 5.64. The molecule has 2 heterocycles. The summed E-state index contributed by atoms with van der Waals surface area (Å²) in [6.45, 7) is 3.77. The number of phenols is 1. The number of ether oxygens (including phenoxy) is 2. The number of Topliss-reactive ketones (excluding diaryl/α,β-unsaturated/α-hetero) is 1. The van der Waals surface area contributed by atoms with E-state index in [1.165, 1.54) is 6.42 Å². The summed E-state index contributed by atoms with van der Waals surface area (Å²) in [6.07, 6.45) is 5.23. The predicted octanol–water partition coefficient (Wildman–Crippen LogP) is 4.39. The molecule has 2 aromatic carbocycles. The summed E-state index contributed by atoms with van der Waals surface area (Å²) < 4.78 is 11.3. The van der Waals surface area contributed by atoms with Crippen LogP contribution in [0.5, 0.6) is 17.2 Å². The molecule has 0 aliphatic carbocycles. The van der Waals surface area contributed by atoms with E-state index in [2.05, 4.69) is 11.8 Å². The molecule has 146 valence electrons. The van der Waals surface area contributed by atoms with Crippen LogP contribution in [0.4, 0.5) is 0 Å². The van der Waals surface area contributed by atoms with Gasteiger partial charge in [0.1, 0.15) is 17.2 Å². The summed E-state index contributed by atoms with van der Waals surface area (Å²) in [7, 11) is 1.60. The first-order valence-corrected chi connectivity index (χ1v) is 9.74. The topological polar surface area (TPSA) is 59.0 Å². The first-order valence-electron chi connectivity index (χ1n) is 9.74. The van der Waals surface area contributed by atoms with Gasteiger partial charge >= 0.3 is 0 Å². The number of para-hydroxylation sites is 1. The maximum atomic E-state index is 12.9. The molecule has 1 fully saturated rings. The van der Waals surface area contributed by atoms with E-state index in [0.717, 1.165) is 24.9 Å². The monoisotopic (exact) mass is 379 g/mol. The third kappa shape index (κ3) is 3.38. The minimum Gasteiger partial charge on any atom is -0.507 e. The normalized spacial score (nSPS) is 20.9. The molecule has 1 atom stereocenters. The van der Waals surface area contributed by atoms with Crippen molar-refractivity contribution >= 4 is 11.9 Å². The molecule has 2 aliphatic rings. The number of fused-ring (bicyclic) bond motifs is 1. The Morgan fingerprint density at radius 3 is 2.86 bits per heavy atom. The Morgan fingerprint density at radius 1 is 1.25 bits per heavy atom. The standard InChI is InChI=1S/C23H25NO4/c1-15-7-5-6-12-24(15)14-18-19(25)11-10-17-22(26)21(28-23(17)18)13-16-8-3-4-9-20(16)27-2/h3-4,8-11,13,15,25H,5-7,12,14H2,1-2H3/t15-/m0/s1. The van der Waals surface area contributed by atoms with Crippen LogP contribution in [0.15, 0.2) is 42.2 Å². The van der Waals surface area contributed by atoms with Gasteiger partial charge in [0.05, 0.1) is 18.2 Å². The fraction of sp³-hybridized carbons (Fsp3) is 0.348. The molecule has 5 nitrogen and oxygen atoms in total. The predicted molar refractivity (Wildman–Crippen MR) is 108 cm³/mol. The zero-order chi connectivity index (χ0) is 19.7. The van der Waals surface area contributed by atoms with Gasteiger partial charge in [-0.15, -0.1) is 0 Å². The van der Waals surface area contributed by atoms with Gasteiger partial charge in [0.2, 0.25) is 5.78 Å². The summed E-state index contributed by atoms with van der Waals surface area (Å²) in [5.74, 6) is 1.39. The van der Waals surface area contributed by atoms with E-state index in [9.17, 15) is 9.90 Å². The number of aromatic hydroxyl groups is 1. The van der Waals surface area contributed by atoms with Crippen molar-refractivity contribution in [1.82, 2.24) is 4.90 Å².